The van der Waals surface area contributed by atoms with E-state index in [1.165, 1.54) is 0 Å². The molecule has 90 valence electrons. The highest BCUT2D eigenvalue weighted by Crippen LogP contribution is 2.26. The third-order valence-electron chi connectivity index (χ3n) is 2.70. The summed E-state index contributed by atoms with van der Waals surface area (Å²) in [6.45, 7) is 5.18. The van der Waals surface area contributed by atoms with Crippen molar-refractivity contribution in [3.05, 3.63) is 35.5 Å². The van der Waals surface area contributed by atoms with Crippen molar-refractivity contribution in [1.29, 1.82) is 0 Å². The number of aromatic amines is 1. The van der Waals surface area contributed by atoms with Gasteiger partial charge in [0.2, 0.25) is 0 Å². The van der Waals surface area contributed by atoms with Crippen LogP contribution in [0.5, 0.6) is 5.75 Å². The van der Waals surface area contributed by atoms with Gasteiger partial charge in [-0.3, -0.25) is 5.10 Å². The van der Waals surface area contributed by atoms with Gasteiger partial charge in [-0.15, -0.1) is 0 Å². The molecule has 0 spiro atoms. The maximum absolute atomic E-state index is 5.66. The summed E-state index contributed by atoms with van der Waals surface area (Å²) in [6.07, 6.45) is 1.77. The minimum atomic E-state index is 0.484. The second-order valence-electron chi connectivity index (χ2n) is 3.89. The number of H-pyrrole nitrogens is 1. The van der Waals surface area contributed by atoms with Crippen molar-refractivity contribution >= 4 is 0 Å². The Morgan fingerprint density at radius 3 is 2.88 bits per heavy atom. The van der Waals surface area contributed by atoms with E-state index in [-0.39, 0.29) is 0 Å². The van der Waals surface area contributed by atoms with Gasteiger partial charge in [-0.2, -0.15) is 5.10 Å². The number of benzene rings is 1. The highest BCUT2D eigenvalue weighted by molar-refractivity contribution is 5.64. The highest BCUT2D eigenvalue weighted by Gasteiger charge is 2.08. The second-order valence-corrected chi connectivity index (χ2v) is 3.89. The van der Waals surface area contributed by atoms with E-state index in [1.807, 2.05) is 26.0 Å². The van der Waals surface area contributed by atoms with Crippen LogP contribution in [0.15, 0.2) is 24.4 Å². The van der Waals surface area contributed by atoms with E-state index in [4.69, 9.17) is 10.5 Å². The van der Waals surface area contributed by atoms with Gasteiger partial charge in [-0.25, -0.2) is 0 Å². The summed E-state index contributed by atoms with van der Waals surface area (Å²) in [4.78, 5) is 0. The Balaban J connectivity index is 2.37. The fourth-order valence-electron chi connectivity index (χ4n) is 1.84. The third-order valence-corrected chi connectivity index (χ3v) is 2.70. The van der Waals surface area contributed by atoms with E-state index in [0.29, 0.717) is 13.2 Å². The zero-order chi connectivity index (χ0) is 12.3. The molecule has 0 aliphatic rings. The maximum atomic E-state index is 5.66. The fourth-order valence-corrected chi connectivity index (χ4v) is 1.84. The lowest BCUT2D eigenvalue weighted by atomic mass is 10.1. The quantitative estimate of drug-likeness (QED) is 0.848. The minimum Gasteiger partial charge on any atom is -0.494 e. The summed E-state index contributed by atoms with van der Waals surface area (Å²) in [5.41, 5.74) is 9.87. The van der Waals surface area contributed by atoms with Crippen LogP contribution >= 0.6 is 0 Å². The van der Waals surface area contributed by atoms with Crippen molar-refractivity contribution in [2.45, 2.75) is 20.4 Å². The van der Waals surface area contributed by atoms with Crippen LogP contribution in [0.1, 0.15) is 18.1 Å². The maximum Gasteiger partial charge on any atom is 0.122 e. The summed E-state index contributed by atoms with van der Waals surface area (Å²) in [6, 6.07) is 6.08. The molecule has 4 nitrogen and oxygen atoms in total. The molecule has 17 heavy (non-hydrogen) atoms. The van der Waals surface area contributed by atoms with Crippen molar-refractivity contribution in [3.63, 3.8) is 0 Å². The van der Waals surface area contributed by atoms with Crippen LogP contribution in [0.25, 0.3) is 11.3 Å². The summed E-state index contributed by atoms with van der Waals surface area (Å²) < 4.78 is 5.52. The molecule has 3 N–H and O–H groups in total. The molecule has 1 aromatic carbocycles. The number of ether oxygens (including phenoxy) is 1. The average molecular weight is 231 g/mol. The predicted molar refractivity (Wildman–Crippen MR) is 67.8 cm³/mol. The molecule has 0 amide bonds. The zero-order valence-corrected chi connectivity index (χ0v) is 10.2. The predicted octanol–water partition coefficient (Wildman–Crippen LogP) is 2.24. The molecule has 0 saturated carbocycles. The van der Waals surface area contributed by atoms with Crippen LogP contribution in [-0.4, -0.2) is 16.8 Å². The summed E-state index contributed by atoms with van der Waals surface area (Å²) in [7, 11) is 0. The van der Waals surface area contributed by atoms with E-state index < -0.39 is 0 Å². The van der Waals surface area contributed by atoms with Gasteiger partial charge in [0.15, 0.2) is 0 Å². The van der Waals surface area contributed by atoms with Crippen LogP contribution in [0.4, 0.5) is 0 Å². The highest BCUT2D eigenvalue weighted by atomic mass is 16.5. The molecule has 0 radical (unpaired) electrons. The first-order chi connectivity index (χ1) is 8.26. The minimum absolute atomic E-state index is 0.484. The van der Waals surface area contributed by atoms with Crippen LogP contribution in [-0.2, 0) is 6.54 Å². The summed E-state index contributed by atoms with van der Waals surface area (Å²) in [5.74, 6) is 0.921. The molecule has 2 rings (SSSR count). The topological polar surface area (TPSA) is 63.9 Å². The number of nitrogens with zero attached hydrogens (tertiary/aromatic N) is 1. The smallest absolute Gasteiger partial charge is 0.122 e. The van der Waals surface area contributed by atoms with Crippen LogP contribution in [0.2, 0.25) is 0 Å². The van der Waals surface area contributed by atoms with E-state index in [1.54, 1.807) is 6.20 Å². The van der Waals surface area contributed by atoms with Crippen molar-refractivity contribution in [2.24, 2.45) is 5.73 Å². The lowest BCUT2D eigenvalue weighted by molar-refractivity contribution is 0.338. The van der Waals surface area contributed by atoms with Gasteiger partial charge in [-0.05, 0) is 37.6 Å². The van der Waals surface area contributed by atoms with Crippen molar-refractivity contribution in [3.8, 4) is 17.0 Å². The molecule has 0 aliphatic heterocycles. The van der Waals surface area contributed by atoms with Crippen LogP contribution < -0.4 is 10.5 Å². The molecule has 0 aliphatic carbocycles. The Bertz CT molecular complexity index is 505. The van der Waals surface area contributed by atoms with E-state index in [0.717, 1.165) is 28.1 Å². The number of aryl methyl sites for hydroxylation is 1. The van der Waals surface area contributed by atoms with E-state index in [2.05, 4.69) is 16.3 Å². The Kier molecular flexibility index (Phi) is 3.44. The summed E-state index contributed by atoms with van der Waals surface area (Å²) in [5, 5.41) is 7.00. The van der Waals surface area contributed by atoms with Gasteiger partial charge in [-0.1, -0.05) is 0 Å². The number of nitrogens with two attached hydrogens (primary N) is 1. The van der Waals surface area contributed by atoms with Crippen molar-refractivity contribution in [2.75, 3.05) is 6.61 Å². The number of rotatable bonds is 4. The molecule has 4 heteroatoms. The molecule has 0 bridgehead atoms. The molecular weight excluding hydrogens is 214 g/mol. The fraction of sp³-hybridized carbons (Fsp3) is 0.308. The van der Waals surface area contributed by atoms with Crippen molar-refractivity contribution < 1.29 is 4.74 Å². The first-order valence-electron chi connectivity index (χ1n) is 5.72. The zero-order valence-electron chi connectivity index (χ0n) is 10.2. The molecule has 0 unspecified atom stereocenters. The summed E-state index contributed by atoms with van der Waals surface area (Å²) >= 11 is 0. The molecule has 1 heterocycles. The normalized spacial score (nSPS) is 10.5. The third kappa shape index (κ3) is 2.31. The first kappa shape index (κ1) is 11.7. The van der Waals surface area contributed by atoms with Gasteiger partial charge in [0, 0.05) is 17.7 Å². The Morgan fingerprint density at radius 2 is 2.24 bits per heavy atom. The monoisotopic (exact) mass is 231 g/mol. The largest absolute Gasteiger partial charge is 0.494 e. The van der Waals surface area contributed by atoms with E-state index >= 15 is 0 Å². The lowest BCUT2D eigenvalue weighted by Gasteiger charge is -2.09. The number of hydrogen-bond acceptors (Lipinski definition) is 3. The van der Waals surface area contributed by atoms with Gasteiger partial charge in [0.1, 0.15) is 5.75 Å². The lowest BCUT2D eigenvalue weighted by Crippen LogP contribution is -1.97. The first-order valence-corrected chi connectivity index (χ1v) is 5.72. The Labute approximate surface area is 101 Å². The molecule has 0 saturated heterocycles. The Hall–Kier alpha value is -1.81. The van der Waals surface area contributed by atoms with Gasteiger partial charge >= 0.3 is 0 Å². The van der Waals surface area contributed by atoms with Crippen molar-refractivity contribution in [1.82, 2.24) is 10.2 Å². The van der Waals surface area contributed by atoms with E-state index in [9.17, 15) is 0 Å². The Morgan fingerprint density at radius 1 is 1.41 bits per heavy atom. The van der Waals surface area contributed by atoms with Crippen LogP contribution in [0.3, 0.4) is 0 Å². The van der Waals surface area contributed by atoms with Gasteiger partial charge < -0.3 is 10.5 Å². The average Bonchev–Trinajstić information content (AvgIpc) is 2.80. The second kappa shape index (κ2) is 5.01. The molecule has 0 atom stereocenters. The SMILES string of the molecule is CCOc1ccc(-c2[nH]ncc2CN)cc1C. The van der Waals surface area contributed by atoms with Crippen LogP contribution in [0, 0.1) is 6.92 Å². The van der Waals surface area contributed by atoms with Gasteiger partial charge in [0.25, 0.3) is 0 Å². The molecule has 2 aromatic rings. The molecule has 0 fully saturated rings. The van der Waals surface area contributed by atoms with Gasteiger partial charge in [0.05, 0.1) is 18.5 Å². The number of nitrogens with one attached hydrogen (secondary N) is 1. The number of aromatic nitrogens is 2. The molecule has 1 aromatic heterocycles. The molecular formula is C13H17N3O. The standard InChI is InChI=1S/C13H17N3O/c1-3-17-12-5-4-10(6-9(12)2)13-11(7-14)8-15-16-13/h4-6,8H,3,7,14H2,1-2H3,(H,15,16). The number of hydrogen-bond donors (Lipinski definition) is 2.